The van der Waals surface area contributed by atoms with Crippen LogP contribution >= 0.6 is 38.5 Å². The Hall–Kier alpha value is -1.41. The summed E-state index contributed by atoms with van der Waals surface area (Å²) in [7, 11) is 0. The topological polar surface area (TPSA) is 49.4 Å². The van der Waals surface area contributed by atoms with Gasteiger partial charge in [0.1, 0.15) is 0 Å². The molecule has 2 aromatic carbocycles. The van der Waals surface area contributed by atoms with Crippen LogP contribution in [-0.2, 0) is 4.79 Å². The molecule has 2 aromatic rings. The maximum absolute atomic E-state index is 12.4. The third-order valence-electron chi connectivity index (χ3n) is 3.68. The lowest BCUT2D eigenvalue weighted by molar-refractivity contribution is -0.117. The Morgan fingerprint density at radius 2 is 1.91 bits per heavy atom. The fourth-order valence-electron chi connectivity index (χ4n) is 2.52. The van der Waals surface area contributed by atoms with Crippen LogP contribution in [0.4, 0.5) is 11.4 Å². The molecule has 0 spiro atoms. The number of halogens is 2. The fourth-order valence-corrected chi connectivity index (χ4v) is 3.46. The number of rotatable bonds is 3. The lowest BCUT2D eigenvalue weighted by Crippen LogP contribution is -2.23. The van der Waals surface area contributed by atoms with Crippen LogP contribution in [0, 0.1) is 3.57 Å². The molecule has 0 saturated carbocycles. The minimum Gasteiger partial charge on any atom is -0.322 e. The molecule has 1 heterocycles. The predicted molar refractivity (Wildman–Crippen MR) is 103 cm³/mol. The van der Waals surface area contributed by atoms with Gasteiger partial charge in [-0.25, -0.2) is 0 Å². The second-order valence-corrected chi connectivity index (χ2v) is 7.35. The second-order valence-electron chi connectivity index (χ2n) is 5.27. The van der Waals surface area contributed by atoms with Crippen molar-refractivity contribution < 1.29 is 9.59 Å². The monoisotopic (exact) mass is 484 g/mol. The average molecular weight is 485 g/mol. The molecule has 118 valence electrons. The normalized spacial score (nSPS) is 14.2. The summed E-state index contributed by atoms with van der Waals surface area (Å²) in [4.78, 5) is 25.9. The van der Waals surface area contributed by atoms with Gasteiger partial charge in [-0.1, -0.05) is 15.9 Å². The van der Waals surface area contributed by atoms with Crippen molar-refractivity contribution in [3.8, 4) is 0 Å². The lowest BCUT2D eigenvalue weighted by atomic mass is 10.2. The Morgan fingerprint density at radius 1 is 1.17 bits per heavy atom. The minimum absolute atomic E-state index is 0.152. The van der Waals surface area contributed by atoms with Crippen LogP contribution in [0.3, 0.4) is 0 Å². The molecule has 0 aromatic heterocycles. The van der Waals surface area contributed by atoms with Crippen LogP contribution in [0.2, 0.25) is 0 Å². The molecule has 0 radical (unpaired) electrons. The van der Waals surface area contributed by atoms with E-state index in [0.29, 0.717) is 17.7 Å². The minimum atomic E-state index is -0.152. The first-order chi connectivity index (χ1) is 11.0. The maximum atomic E-state index is 12.4. The summed E-state index contributed by atoms with van der Waals surface area (Å²) in [5.74, 6) is 0.00572. The van der Waals surface area contributed by atoms with E-state index in [0.717, 1.165) is 26.7 Å². The number of nitrogens with zero attached hydrogens (tertiary/aromatic N) is 1. The van der Waals surface area contributed by atoms with Crippen molar-refractivity contribution >= 4 is 61.7 Å². The summed E-state index contributed by atoms with van der Waals surface area (Å²) >= 11 is 5.52. The zero-order valence-corrected chi connectivity index (χ0v) is 15.9. The number of nitrogens with one attached hydrogen (secondary N) is 1. The summed E-state index contributed by atoms with van der Waals surface area (Å²) in [6, 6.07) is 13.0. The number of benzene rings is 2. The Balaban J connectivity index is 1.74. The molecule has 2 amide bonds. The highest BCUT2D eigenvalue weighted by Crippen LogP contribution is 2.24. The van der Waals surface area contributed by atoms with Gasteiger partial charge < -0.3 is 10.2 Å². The van der Waals surface area contributed by atoms with Crippen LogP contribution in [0.5, 0.6) is 0 Å². The Kier molecular flexibility index (Phi) is 5.01. The van der Waals surface area contributed by atoms with Gasteiger partial charge in [0.15, 0.2) is 0 Å². The highest BCUT2D eigenvalue weighted by atomic mass is 127. The first-order valence-electron chi connectivity index (χ1n) is 7.21. The van der Waals surface area contributed by atoms with E-state index < -0.39 is 0 Å². The highest BCUT2D eigenvalue weighted by Gasteiger charge is 2.21. The van der Waals surface area contributed by atoms with Gasteiger partial charge >= 0.3 is 0 Å². The smallest absolute Gasteiger partial charge is 0.256 e. The van der Waals surface area contributed by atoms with Crippen LogP contribution < -0.4 is 10.2 Å². The van der Waals surface area contributed by atoms with Crippen LogP contribution in [0.1, 0.15) is 23.2 Å². The van der Waals surface area contributed by atoms with Crippen LogP contribution in [0.15, 0.2) is 46.9 Å². The van der Waals surface area contributed by atoms with Gasteiger partial charge in [-0.05, 0) is 71.5 Å². The van der Waals surface area contributed by atoms with Crippen molar-refractivity contribution in [3.05, 3.63) is 56.1 Å². The molecule has 1 fully saturated rings. The molecule has 1 aliphatic heterocycles. The summed E-state index contributed by atoms with van der Waals surface area (Å²) < 4.78 is 1.76. The molecule has 0 aliphatic carbocycles. The zero-order valence-electron chi connectivity index (χ0n) is 12.2. The third kappa shape index (κ3) is 3.74. The van der Waals surface area contributed by atoms with Crippen molar-refractivity contribution in [1.82, 2.24) is 0 Å². The SMILES string of the molecule is O=C(Nc1ccc(N2CCCC2=O)cc1)c1cc(Br)ccc1I. The maximum Gasteiger partial charge on any atom is 0.256 e. The van der Waals surface area contributed by atoms with E-state index in [1.165, 1.54) is 0 Å². The van der Waals surface area contributed by atoms with E-state index in [-0.39, 0.29) is 11.8 Å². The Bertz CT molecular complexity index is 762. The summed E-state index contributed by atoms with van der Waals surface area (Å²) in [6.45, 7) is 0.765. The molecular formula is C17H14BrIN2O2. The molecule has 3 rings (SSSR count). The van der Waals surface area contributed by atoms with Gasteiger partial charge in [-0.2, -0.15) is 0 Å². The summed E-state index contributed by atoms with van der Waals surface area (Å²) in [5, 5.41) is 2.89. The van der Waals surface area contributed by atoms with E-state index in [1.54, 1.807) is 11.0 Å². The van der Waals surface area contributed by atoms with Gasteiger partial charge in [0.2, 0.25) is 5.91 Å². The first kappa shape index (κ1) is 16.4. The van der Waals surface area contributed by atoms with E-state index >= 15 is 0 Å². The van der Waals surface area contributed by atoms with Crippen molar-refractivity contribution in [2.24, 2.45) is 0 Å². The van der Waals surface area contributed by atoms with Gasteiger partial charge in [0.05, 0.1) is 5.56 Å². The number of hydrogen-bond acceptors (Lipinski definition) is 2. The largest absolute Gasteiger partial charge is 0.322 e. The molecule has 1 aliphatic rings. The van der Waals surface area contributed by atoms with Crippen LogP contribution in [-0.4, -0.2) is 18.4 Å². The van der Waals surface area contributed by atoms with Gasteiger partial charge in [0, 0.05) is 32.4 Å². The predicted octanol–water partition coefficient (Wildman–Crippen LogP) is 4.43. The molecule has 0 bridgehead atoms. The number of carbonyl (C=O) groups excluding carboxylic acids is 2. The van der Waals surface area contributed by atoms with Crippen LogP contribution in [0.25, 0.3) is 0 Å². The molecular weight excluding hydrogens is 471 g/mol. The number of amides is 2. The molecule has 4 nitrogen and oxygen atoms in total. The quantitative estimate of drug-likeness (QED) is 0.655. The number of hydrogen-bond donors (Lipinski definition) is 1. The lowest BCUT2D eigenvalue weighted by Gasteiger charge is -2.16. The molecule has 0 atom stereocenters. The Morgan fingerprint density at radius 3 is 2.57 bits per heavy atom. The zero-order chi connectivity index (χ0) is 16.4. The van der Waals surface area contributed by atoms with Gasteiger partial charge in [0.25, 0.3) is 5.91 Å². The van der Waals surface area contributed by atoms with E-state index in [1.807, 2.05) is 36.4 Å². The van der Waals surface area contributed by atoms with Crippen molar-refractivity contribution in [3.63, 3.8) is 0 Å². The van der Waals surface area contributed by atoms with Crippen molar-refractivity contribution in [2.75, 3.05) is 16.8 Å². The third-order valence-corrected chi connectivity index (χ3v) is 5.12. The van der Waals surface area contributed by atoms with E-state index in [2.05, 4.69) is 43.8 Å². The highest BCUT2D eigenvalue weighted by molar-refractivity contribution is 14.1. The van der Waals surface area contributed by atoms with Crippen molar-refractivity contribution in [2.45, 2.75) is 12.8 Å². The molecule has 23 heavy (non-hydrogen) atoms. The summed E-state index contributed by atoms with van der Waals surface area (Å²) in [5.41, 5.74) is 2.21. The number of anilines is 2. The summed E-state index contributed by atoms with van der Waals surface area (Å²) in [6.07, 6.45) is 1.51. The van der Waals surface area contributed by atoms with Crippen molar-refractivity contribution in [1.29, 1.82) is 0 Å². The van der Waals surface area contributed by atoms with Gasteiger partial charge in [-0.15, -0.1) is 0 Å². The molecule has 6 heteroatoms. The molecule has 1 saturated heterocycles. The standard InChI is InChI=1S/C17H14BrIN2O2/c18-11-3-8-15(19)14(10-11)17(23)20-12-4-6-13(7-5-12)21-9-1-2-16(21)22/h3-8,10H,1-2,9H2,(H,20,23). The van der Waals surface area contributed by atoms with Gasteiger partial charge in [-0.3, -0.25) is 9.59 Å². The molecule has 0 unspecified atom stereocenters. The molecule has 1 N–H and O–H groups in total. The Labute approximate surface area is 156 Å². The average Bonchev–Trinajstić information content (AvgIpc) is 2.96. The number of carbonyl (C=O) groups is 2. The second kappa shape index (κ2) is 7.00. The fraction of sp³-hybridized carbons (Fsp3) is 0.176. The van der Waals surface area contributed by atoms with E-state index in [4.69, 9.17) is 0 Å². The first-order valence-corrected chi connectivity index (χ1v) is 9.08. The van der Waals surface area contributed by atoms with E-state index in [9.17, 15) is 9.59 Å².